The Bertz CT molecular complexity index is 613. The lowest BCUT2D eigenvalue weighted by atomic mass is 9.90. The zero-order valence-electron chi connectivity index (χ0n) is 11.6. The molecule has 1 heteroatoms. The van der Waals surface area contributed by atoms with E-state index >= 15 is 0 Å². The molecular weight excluding hydrogens is 260 g/mol. The number of hydrogen-bond acceptors (Lipinski definition) is 1. The molecule has 1 heterocycles. The topological polar surface area (TPSA) is 0 Å². The van der Waals surface area contributed by atoms with Gasteiger partial charge in [0.15, 0.2) is 0 Å². The van der Waals surface area contributed by atoms with Crippen LogP contribution >= 0.6 is 11.3 Å². The summed E-state index contributed by atoms with van der Waals surface area (Å²) in [5.74, 6) is 0.350. The van der Waals surface area contributed by atoms with E-state index in [1.165, 1.54) is 20.9 Å². The van der Waals surface area contributed by atoms with Gasteiger partial charge < -0.3 is 0 Å². The Labute approximate surface area is 124 Å². The first-order valence-electron chi connectivity index (χ1n) is 7.07. The zero-order chi connectivity index (χ0) is 13.8. The monoisotopic (exact) mass is 278 g/mol. The van der Waals surface area contributed by atoms with Crippen LogP contribution in [0.1, 0.15) is 33.7 Å². The summed E-state index contributed by atoms with van der Waals surface area (Å²) in [6, 6.07) is 26.1. The summed E-state index contributed by atoms with van der Waals surface area (Å²) < 4.78 is 0. The molecule has 0 bridgehead atoms. The third-order valence-corrected chi connectivity index (χ3v) is 4.88. The molecule has 0 radical (unpaired) electrons. The Balaban J connectivity index is 2.09. The molecule has 100 valence electrons. The van der Waals surface area contributed by atoms with E-state index < -0.39 is 0 Å². The molecule has 0 saturated carbocycles. The predicted molar refractivity (Wildman–Crippen MR) is 87.5 cm³/mol. The van der Waals surface area contributed by atoms with Crippen molar-refractivity contribution in [3.63, 3.8) is 0 Å². The lowest BCUT2D eigenvalue weighted by Crippen LogP contribution is -2.00. The first-order valence-corrected chi connectivity index (χ1v) is 7.88. The maximum atomic E-state index is 2.29. The van der Waals surface area contributed by atoms with Crippen LogP contribution in [0.15, 0.2) is 72.8 Å². The van der Waals surface area contributed by atoms with Gasteiger partial charge >= 0.3 is 0 Å². The fourth-order valence-corrected chi connectivity index (χ4v) is 3.66. The quantitative estimate of drug-likeness (QED) is 0.592. The van der Waals surface area contributed by atoms with Crippen molar-refractivity contribution < 1.29 is 0 Å². The van der Waals surface area contributed by atoms with Crippen molar-refractivity contribution in [1.82, 2.24) is 0 Å². The summed E-state index contributed by atoms with van der Waals surface area (Å²) in [4.78, 5) is 2.89. The van der Waals surface area contributed by atoms with Crippen LogP contribution in [0.3, 0.4) is 0 Å². The van der Waals surface area contributed by atoms with E-state index in [1.807, 2.05) is 11.3 Å². The van der Waals surface area contributed by atoms with E-state index in [2.05, 4.69) is 79.7 Å². The van der Waals surface area contributed by atoms with Crippen molar-refractivity contribution in [2.75, 3.05) is 0 Å². The number of rotatable bonds is 4. The SMILES string of the molecule is CCc1ccc(C(c2ccccc2)c2ccccc2)s1. The first-order chi connectivity index (χ1) is 9.88. The van der Waals surface area contributed by atoms with E-state index in [0.29, 0.717) is 5.92 Å². The number of benzene rings is 2. The van der Waals surface area contributed by atoms with Crippen molar-refractivity contribution in [3.8, 4) is 0 Å². The van der Waals surface area contributed by atoms with Gasteiger partial charge in [0.2, 0.25) is 0 Å². The van der Waals surface area contributed by atoms with E-state index in [9.17, 15) is 0 Å². The summed E-state index contributed by atoms with van der Waals surface area (Å²) in [7, 11) is 0. The minimum atomic E-state index is 0.350. The summed E-state index contributed by atoms with van der Waals surface area (Å²) in [6.07, 6.45) is 1.11. The normalized spacial score (nSPS) is 10.9. The smallest absolute Gasteiger partial charge is 0.0434 e. The molecule has 0 aliphatic rings. The Morgan fingerprint density at radius 3 is 1.75 bits per heavy atom. The number of aryl methyl sites for hydroxylation is 1. The molecule has 0 N–H and O–H groups in total. The molecular formula is C19H18S. The second-order valence-corrected chi connectivity index (χ2v) is 6.11. The highest BCUT2D eigenvalue weighted by Gasteiger charge is 2.17. The molecule has 3 aromatic rings. The molecule has 0 spiro atoms. The van der Waals surface area contributed by atoms with Crippen LogP contribution in [0, 0.1) is 0 Å². The fourth-order valence-electron chi connectivity index (χ4n) is 2.55. The molecule has 0 nitrogen and oxygen atoms in total. The van der Waals surface area contributed by atoms with Gasteiger partial charge in [-0.25, -0.2) is 0 Å². The third-order valence-electron chi connectivity index (χ3n) is 3.58. The predicted octanol–water partition coefficient (Wildman–Crippen LogP) is 5.49. The van der Waals surface area contributed by atoms with E-state index in [0.717, 1.165) is 6.42 Å². The lowest BCUT2D eigenvalue weighted by Gasteiger charge is -2.16. The second kappa shape index (κ2) is 6.06. The standard InChI is InChI=1S/C19H18S/c1-2-17-13-14-18(20-17)19(15-9-5-3-6-10-15)16-11-7-4-8-12-16/h3-14,19H,2H2,1H3. The maximum absolute atomic E-state index is 2.29. The van der Waals surface area contributed by atoms with Crippen molar-refractivity contribution in [1.29, 1.82) is 0 Å². The van der Waals surface area contributed by atoms with Crippen molar-refractivity contribution >= 4 is 11.3 Å². The lowest BCUT2D eigenvalue weighted by molar-refractivity contribution is 1.01. The van der Waals surface area contributed by atoms with Crippen LogP contribution in [-0.2, 0) is 6.42 Å². The molecule has 0 atom stereocenters. The van der Waals surface area contributed by atoms with Gasteiger partial charge in [-0.2, -0.15) is 0 Å². The van der Waals surface area contributed by atoms with Gasteiger partial charge in [-0.3, -0.25) is 0 Å². The van der Waals surface area contributed by atoms with Gasteiger partial charge in [-0.15, -0.1) is 11.3 Å². The zero-order valence-corrected chi connectivity index (χ0v) is 12.4. The van der Waals surface area contributed by atoms with Crippen LogP contribution in [0.25, 0.3) is 0 Å². The van der Waals surface area contributed by atoms with Crippen molar-refractivity contribution in [2.24, 2.45) is 0 Å². The first kappa shape index (κ1) is 13.1. The maximum Gasteiger partial charge on any atom is 0.0434 e. The summed E-state index contributed by atoms with van der Waals surface area (Å²) in [6.45, 7) is 2.22. The summed E-state index contributed by atoms with van der Waals surface area (Å²) >= 11 is 1.93. The molecule has 0 saturated heterocycles. The van der Waals surface area contributed by atoms with Gasteiger partial charge in [0.1, 0.15) is 0 Å². The average molecular weight is 278 g/mol. The molecule has 0 aliphatic heterocycles. The Morgan fingerprint density at radius 2 is 1.30 bits per heavy atom. The molecule has 0 aliphatic carbocycles. The summed E-state index contributed by atoms with van der Waals surface area (Å²) in [5, 5.41) is 0. The minimum Gasteiger partial charge on any atom is -0.144 e. The number of thiophene rings is 1. The Kier molecular flexibility index (Phi) is 3.98. The minimum absolute atomic E-state index is 0.350. The average Bonchev–Trinajstić information content (AvgIpc) is 2.98. The van der Waals surface area contributed by atoms with E-state index in [-0.39, 0.29) is 0 Å². The van der Waals surface area contributed by atoms with Crippen LogP contribution in [0.4, 0.5) is 0 Å². The number of hydrogen-bond donors (Lipinski definition) is 0. The fraction of sp³-hybridized carbons (Fsp3) is 0.158. The van der Waals surface area contributed by atoms with E-state index in [1.54, 1.807) is 0 Å². The summed E-state index contributed by atoms with van der Waals surface area (Å²) in [5.41, 5.74) is 2.73. The van der Waals surface area contributed by atoms with Gasteiger partial charge in [-0.05, 0) is 29.7 Å². The second-order valence-electron chi connectivity index (χ2n) is 4.91. The van der Waals surface area contributed by atoms with Gasteiger partial charge in [0.25, 0.3) is 0 Å². The van der Waals surface area contributed by atoms with Crippen molar-refractivity contribution in [3.05, 3.63) is 93.7 Å². The Hall–Kier alpha value is -1.86. The van der Waals surface area contributed by atoms with Gasteiger partial charge in [0.05, 0.1) is 0 Å². The van der Waals surface area contributed by atoms with Crippen LogP contribution in [-0.4, -0.2) is 0 Å². The highest BCUT2D eigenvalue weighted by atomic mass is 32.1. The molecule has 3 rings (SSSR count). The molecule has 0 amide bonds. The highest BCUT2D eigenvalue weighted by Crippen LogP contribution is 2.35. The molecule has 20 heavy (non-hydrogen) atoms. The van der Waals surface area contributed by atoms with Gasteiger partial charge in [-0.1, -0.05) is 67.6 Å². The van der Waals surface area contributed by atoms with Crippen LogP contribution in [0.2, 0.25) is 0 Å². The molecule has 0 fully saturated rings. The van der Waals surface area contributed by atoms with Gasteiger partial charge in [0, 0.05) is 15.7 Å². The van der Waals surface area contributed by atoms with Crippen molar-refractivity contribution in [2.45, 2.75) is 19.3 Å². The highest BCUT2D eigenvalue weighted by molar-refractivity contribution is 7.12. The third kappa shape index (κ3) is 2.68. The van der Waals surface area contributed by atoms with Crippen LogP contribution < -0.4 is 0 Å². The molecule has 0 unspecified atom stereocenters. The molecule has 2 aromatic carbocycles. The Morgan fingerprint density at radius 1 is 0.750 bits per heavy atom. The van der Waals surface area contributed by atoms with E-state index in [4.69, 9.17) is 0 Å². The van der Waals surface area contributed by atoms with Crippen LogP contribution in [0.5, 0.6) is 0 Å². The largest absolute Gasteiger partial charge is 0.144 e. The molecule has 1 aromatic heterocycles.